The zero-order valence-corrected chi connectivity index (χ0v) is 15.3. The molecule has 0 saturated heterocycles. The second-order valence-corrected chi connectivity index (χ2v) is 7.43. The third-order valence-corrected chi connectivity index (χ3v) is 5.91. The summed E-state index contributed by atoms with van der Waals surface area (Å²) in [6.45, 7) is 14.3. The van der Waals surface area contributed by atoms with E-state index in [4.69, 9.17) is 4.74 Å². The van der Waals surface area contributed by atoms with Gasteiger partial charge in [-0.25, -0.2) is 0 Å². The van der Waals surface area contributed by atoms with E-state index in [9.17, 15) is 9.59 Å². The summed E-state index contributed by atoms with van der Waals surface area (Å²) < 4.78 is 4.83. The SMILES string of the molecule is C=C[C@@]12C=C(C)C(=O)C=C1[C@](C)(CCC(=O)OC)[C@@H](C(=C)C)CC2. The molecule has 3 atom stereocenters. The lowest BCUT2D eigenvalue weighted by molar-refractivity contribution is -0.141. The zero-order valence-electron chi connectivity index (χ0n) is 15.3. The van der Waals surface area contributed by atoms with Crippen LogP contribution in [0.4, 0.5) is 0 Å². The molecule has 0 bridgehead atoms. The first kappa shape index (κ1) is 18.4. The molecule has 0 aromatic rings. The number of hydrogen-bond acceptors (Lipinski definition) is 3. The number of carbonyl (C=O) groups excluding carboxylic acids is 2. The van der Waals surface area contributed by atoms with Gasteiger partial charge < -0.3 is 4.74 Å². The molecule has 2 aliphatic carbocycles. The van der Waals surface area contributed by atoms with Crippen LogP contribution in [-0.2, 0) is 14.3 Å². The van der Waals surface area contributed by atoms with E-state index < -0.39 is 0 Å². The second kappa shape index (κ2) is 6.54. The normalized spacial score (nSPS) is 32.3. The monoisotopic (exact) mass is 328 g/mol. The van der Waals surface area contributed by atoms with Crippen molar-refractivity contribution in [2.45, 2.75) is 46.5 Å². The van der Waals surface area contributed by atoms with E-state index in [0.29, 0.717) is 12.8 Å². The summed E-state index contributed by atoms with van der Waals surface area (Å²) in [6.07, 6.45) is 8.65. The Hall–Kier alpha value is -1.90. The summed E-state index contributed by atoms with van der Waals surface area (Å²) in [5, 5.41) is 0. The van der Waals surface area contributed by atoms with E-state index in [2.05, 4.69) is 26.2 Å². The maximum absolute atomic E-state index is 12.4. The minimum absolute atomic E-state index is 0.0501. The van der Waals surface area contributed by atoms with E-state index in [-0.39, 0.29) is 28.5 Å². The smallest absolute Gasteiger partial charge is 0.305 e. The summed E-state index contributed by atoms with van der Waals surface area (Å²) in [7, 11) is 1.41. The predicted molar refractivity (Wildman–Crippen MR) is 96.4 cm³/mol. The number of hydrogen-bond donors (Lipinski definition) is 0. The molecule has 0 heterocycles. The molecular weight excluding hydrogens is 300 g/mol. The first-order valence-corrected chi connectivity index (χ1v) is 8.52. The van der Waals surface area contributed by atoms with Crippen LogP contribution in [0.25, 0.3) is 0 Å². The maximum atomic E-state index is 12.4. The van der Waals surface area contributed by atoms with Crippen molar-refractivity contribution in [3.05, 3.63) is 48.1 Å². The number of rotatable bonds is 5. The van der Waals surface area contributed by atoms with Crippen LogP contribution in [0.3, 0.4) is 0 Å². The van der Waals surface area contributed by atoms with Gasteiger partial charge in [-0.2, -0.15) is 0 Å². The summed E-state index contributed by atoms with van der Waals surface area (Å²) in [6, 6.07) is 0. The molecule has 2 aliphatic rings. The first-order chi connectivity index (χ1) is 11.2. The Morgan fingerprint density at radius 2 is 2.17 bits per heavy atom. The number of ketones is 1. The van der Waals surface area contributed by atoms with Gasteiger partial charge in [-0.05, 0) is 61.7 Å². The Kier molecular flexibility index (Phi) is 5.03. The number of allylic oxidation sites excluding steroid dienone is 6. The quantitative estimate of drug-likeness (QED) is 0.549. The molecule has 24 heavy (non-hydrogen) atoms. The van der Waals surface area contributed by atoms with E-state index in [1.54, 1.807) is 6.08 Å². The molecule has 1 fully saturated rings. The highest BCUT2D eigenvalue weighted by molar-refractivity contribution is 6.05. The minimum atomic E-state index is -0.306. The average Bonchev–Trinajstić information content (AvgIpc) is 2.54. The van der Waals surface area contributed by atoms with Gasteiger partial charge in [-0.15, -0.1) is 6.58 Å². The molecule has 0 N–H and O–H groups in total. The van der Waals surface area contributed by atoms with Gasteiger partial charge in [0.15, 0.2) is 5.78 Å². The highest BCUT2D eigenvalue weighted by atomic mass is 16.5. The Bertz CT molecular complexity index is 652. The summed E-state index contributed by atoms with van der Waals surface area (Å²) in [4.78, 5) is 24.1. The lowest BCUT2D eigenvalue weighted by Crippen LogP contribution is -2.44. The van der Waals surface area contributed by atoms with E-state index >= 15 is 0 Å². The van der Waals surface area contributed by atoms with Crippen LogP contribution in [0.15, 0.2) is 48.1 Å². The highest BCUT2D eigenvalue weighted by Gasteiger charge is 2.51. The van der Waals surface area contributed by atoms with Crippen LogP contribution >= 0.6 is 0 Å². The first-order valence-electron chi connectivity index (χ1n) is 8.52. The van der Waals surface area contributed by atoms with Crippen molar-refractivity contribution in [1.82, 2.24) is 0 Å². The number of methoxy groups -OCH3 is 1. The second-order valence-electron chi connectivity index (χ2n) is 7.43. The molecule has 130 valence electrons. The fourth-order valence-electron chi connectivity index (χ4n) is 4.54. The molecule has 0 aromatic carbocycles. The van der Waals surface area contributed by atoms with Crippen molar-refractivity contribution in [2.24, 2.45) is 16.7 Å². The predicted octanol–water partition coefficient (Wildman–Crippen LogP) is 4.56. The summed E-state index contributed by atoms with van der Waals surface area (Å²) >= 11 is 0. The Labute approximate surface area is 145 Å². The average molecular weight is 328 g/mol. The van der Waals surface area contributed by atoms with Crippen molar-refractivity contribution < 1.29 is 14.3 Å². The minimum Gasteiger partial charge on any atom is -0.469 e. The van der Waals surface area contributed by atoms with Crippen LogP contribution in [0, 0.1) is 16.7 Å². The highest BCUT2D eigenvalue weighted by Crippen LogP contribution is 2.60. The molecule has 0 radical (unpaired) electrons. The van der Waals surface area contributed by atoms with Gasteiger partial charge in [0.2, 0.25) is 0 Å². The Morgan fingerprint density at radius 3 is 2.71 bits per heavy atom. The molecule has 0 amide bonds. The lowest BCUT2D eigenvalue weighted by atomic mass is 9.50. The fourth-order valence-corrected chi connectivity index (χ4v) is 4.54. The molecule has 0 unspecified atom stereocenters. The molecule has 1 saturated carbocycles. The Morgan fingerprint density at radius 1 is 1.50 bits per heavy atom. The maximum Gasteiger partial charge on any atom is 0.305 e. The topological polar surface area (TPSA) is 43.4 Å². The van der Waals surface area contributed by atoms with Crippen LogP contribution in [0.2, 0.25) is 0 Å². The van der Waals surface area contributed by atoms with Crippen LogP contribution in [0.5, 0.6) is 0 Å². The number of esters is 1. The molecule has 3 heteroatoms. The van der Waals surface area contributed by atoms with Crippen LogP contribution < -0.4 is 0 Å². The number of ether oxygens (including phenoxy) is 1. The zero-order chi connectivity index (χ0) is 18.1. The van der Waals surface area contributed by atoms with Crippen molar-refractivity contribution in [3.63, 3.8) is 0 Å². The third kappa shape index (κ3) is 2.92. The van der Waals surface area contributed by atoms with Gasteiger partial charge in [0.1, 0.15) is 0 Å². The molecule has 0 aromatic heterocycles. The van der Waals surface area contributed by atoms with Crippen molar-refractivity contribution in [3.8, 4) is 0 Å². The standard InChI is InChI=1S/C21H28O3/c1-7-21-11-8-16(14(2)3)20(5,10-9-19(23)24-6)18(21)12-17(22)15(4)13-21/h7,12-13,16H,1-2,8-11H2,3-6H3/t16-,20-,21-/m1/s1. The molecule has 2 rings (SSSR count). The molecule has 0 aliphatic heterocycles. The third-order valence-electron chi connectivity index (χ3n) is 5.91. The fraction of sp³-hybridized carbons (Fsp3) is 0.524. The van der Waals surface area contributed by atoms with E-state index in [1.807, 2.05) is 19.9 Å². The summed E-state index contributed by atoms with van der Waals surface area (Å²) in [5.41, 5.74) is 2.33. The number of fused-ring (bicyclic) bond motifs is 1. The number of carbonyl (C=O) groups is 2. The largest absolute Gasteiger partial charge is 0.469 e. The van der Waals surface area contributed by atoms with E-state index in [0.717, 1.165) is 29.6 Å². The molecular formula is C21H28O3. The molecule has 0 spiro atoms. The summed E-state index contributed by atoms with van der Waals surface area (Å²) in [5.74, 6) is 0.0659. The van der Waals surface area contributed by atoms with Gasteiger partial charge in [-0.1, -0.05) is 31.2 Å². The van der Waals surface area contributed by atoms with Crippen molar-refractivity contribution >= 4 is 11.8 Å². The van der Waals surface area contributed by atoms with Crippen molar-refractivity contribution in [2.75, 3.05) is 7.11 Å². The van der Waals surface area contributed by atoms with Crippen LogP contribution in [0.1, 0.15) is 46.5 Å². The van der Waals surface area contributed by atoms with E-state index in [1.165, 1.54) is 7.11 Å². The van der Waals surface area contributed by atoms with Gasteiger partial charge in [0.25, 0.3) is 0 Å². The Balaban J connectivity index is 2.53. The van der Waals surface area contributed by atoms with Gasteiger partial charge >= 0.3 is 5.97 Å². The van der Waals surface area contributed by atoms with Gasteiger partial charge in [0.05, 0.1) is 7.11 Å². The van der Waals surface area contributed by atoms with Gasteiger partial charge in [-0.3, -0.25) is 9.59 Å². The van der Waals surface area contributed by atoms with Crippen LogP contribution in [-0.4, -0.2) is 18.9 Å². The molecule has 3 nitrogen and oxygen atoms in total. The van der Waals surface area contributed by atoms with Crippen molar-refractivity contribution in [1.29, 1.82) is 0 Å². The van der Waals surface area contributed by atoms with Gasteiger partial charge in [0, 0.05) is 11.8 Å². The lowest BCUT2D eigenvalue weighted by Gasteiger charge is -2.53.